The number of nitrogens with one attached hydrogen (secondary N) is 2. The summed E-state index contributed by atoms with van der Waals surface area (Å²) in [6.07, 6.45) is 2.23. The summed E-state index contributed by atoms with van der Waals surface area (Å²) < 4.78 is 0. The highest BCUT2D eigenvalue weighted by Crippen LogP contribution is 2.19. The fraction of sp³-hybridized carbons (Fsp3) is 0.429. The van der Waals surface area contributed by atoms with Crippen LogP contribution >= 0.6 is 23.1 Å². The van der Waals surface area contributed by atoms with Crippen LogP contribution in [0.4, 0.5) is 10.9 Å². The number of hydrogen-bond donors (Lipinski definition) is 2. The van der Waals surface area contributed by atoms with Gasteiger partial charge in [0, 0.05) is 12.8 Å². The summed E-state index contributed by atoms with van der Waals surface area (Å²) in [5.74, 6) is 0.291. The SMILES string of the molecule is CCCc1nnc(NC(=O)CSc2ccc(NC(=O)CC)nn2)s1. The third-order valence-corrected chi connectivity index (χ3v) is 4.58. The van der Waals surface area contributed by atoms with Gasteiger partial charge in [0.1, 0.15) is 10.0 Å². The molecule has 0 spiro atoms. The number of aryl methyl sites for hydroxylation is 1. The van der Waals surface area contributed by atoms with Crippen molar-refractivity contribution in [2.24, 2.45) is 0 Å². The summed E-state index contributed by atoms with van der Waals surface area (Å²) in [6, 6.07) is 3.36. The topological polar surface area (TPSA) is 110 Å². The van der Waals surface area contributed by atoms with Crippen LogP contribution in [0, 0.1) is 0 Å². The van der Waals surface area contributed by atoms with Crippen molar-refractivity contribution in [2.75, 3.05) is 16.4 Å². The van der Waals surface area contributed by atoms with Crippen LogP contribution in [0.5, 0.6) is 0 Å². The zero-order valence-corrected chi connectivity index (χ0v) is 15.0. The standard InChI is InChI=1S/C14H18N6O2S2/c1-3-5-13-19-20-14(24-13)16-11(22)8-23-12-7-6-9(17-18-12)15-10(21)4-2/h6-7H,3-5,8H2,1-2H3,(H,15,17,21)(H,16,20,22). The van der Waals surface area contributed by atoms with Crippen molar-refractivity contribution in [2.45, 2.75) is 38.1 Å². The summed E-state index contributed by atoms with van der Waals surface area (Å²) in [7, 11) is 0. The molecule has 24 heavy (non-hydrogen) atoms. The highest BCUT2D eigenvalue weighted by Gasteiger charge is 2.09. The van der Waals surface area contributed by atoms with E-state index in [1.54, 1.807) is 19.1 Å². The summed E-state index contributed by atoms with van der Waals surface area (Å²) in [5, 5.41) is 23.2. The molecule has 2 N–H and O–H groups in total. The van der Waals surface area contributed by atoms with E-state index in [2.05, 4.69) is 38.0 Å². The van der Waals surface area contributed by atoms with E-state index in [1.165, 1.54) is 23.1 Å². The predicted molar refractivity (Wildman–Crippen MR) is 94.2 cm³/mol. The molecule has 2 amide bonds. The Hall–Kier alpha value is -2.07. The molecule has 0 aliphatic rings. The van der Waals surface area contributed by atoms with Gasteiger partial charge in [-0.2, -0.15) is 0 Å². The van der Waals surface area contributed by atoms with Crippen LogP contribution in [-0.4, -0.2) is 38.0 Å². The monoisotopic (exact) mass is 366 g/mol. The summed E-state index contributed by atoms with van der Waals surface area (Å²) >= 11 is 2.64. The Labute approximate surface area is 147 Å². The van der Waals surface area contributed by atoms with E-state index in [-0.39, 0.29) is 17.6 Å². The van der Waals surface area contributed by atoms with Crippen molar-refractivity contribution in [3.8, 4) is 0 Å². The number of anilines is 2. The molecule has 2 heterocycles. The highest BCUT2D eigenvalue weighted by molar-refractivity contribution is 7.99. The quantitative estimate of drug-likeness (QED) is 0.690. The normalized spacial score (nSPS) is 10.4. The first-order valence-corrected chi connectivity index (χ1v) is 9.29. The van der Waals surface area contributed by atoms with Crippen LogP contribution in [-0.2, 0) is 16.0 Å². The van der Waals surface area contributed by atoms with Crippen LogP contribution in [0.2, 0.25) is 0 Å². The Morgan fingerprint density at radius 3 is 2.58 bits per heavy atom. The molecule has 2 aromatic rings. The molecule has 0 radical (unpaired) electrons. The molecular weight excluding hydrogens is 348 g/mol. The van der Waals surface area contributed by atoms with Gasteiger partial charge in [-0.1, -0.05) is 36.9 Å². The van der Waals surface area contributed by atoms with Crippen molar-refractivity contribution in [3.63, 3.8) is 0 Å². The van der Waals surface area contributed by atoms with Gasteiger partial charge in [0.2, 0.25) is 16.9 Å². The van der Waals surface area contributed by atoms with E-state index >= 15 is 0 Å². The summed E-state index contributed by atoms with van der Waals surface area (Å²) in [6.45, 7) is 3.82. The smallest absolute Gasteiger partial charge is 0.236 e. The Balaban J connectivity index is 1.79. The Morgan fingerprint density at radius 2 is 1.92 bits per heavy atom. The molecule has 10 heteroatoms. The first-order valence-electron chi connectivity index (χ1n) is 7.49. The average molecular weight is 366 g/mol. The van der Waals surface area contributed by atoms with Gasteiger partial charge in [0.15, 0.2) is 5.82 Å². The molecule has 0 saturated carbocycles. The molecule has 0 bridgehead atoms. The van der Waals surface area contributed by atoms with Crippen LogP contribution in [0.25, 0.3) is 0 Å². The molecule has 0 aliphatic carbocycles. The van der Waals surface area contributed by atoms with Gasteiger partial charge in [0.25, 0.3) is 0 Å². The number of thioether (sulfide) groups is 1. The minimum absolute atomic E-state index is 0.122. The Morgan fingerprint density at radius 1 is 1.08 bits per heavy atom. The van der Waals surface area contributed by atoms with E-state index in [0.717, 1.165) is 17.8 Å². The number of carbonyl (C=O) groups is 2. The summed E-state index contributed by atoms with van der Waals surface area (Å²) in [5.41, 5.74) is 0. The lowest BCUT2D eigenvalue weighted by molar-refractivity contribution is -0.116. The Kier molecular flexibility index (Phi) is 7.07. The third kappa shape index (κ3) is 5.85. The largest absolute Gasteiger partial charge is 0.309 e. The molecule has 128 valence electrons. The molecule has 8 nitrogen and oxygen atoms in total. The third-order valence-electron chi connectivity index (χ3n) is 2.76. The van der Waals surface area contributed by atoms with E-state index in [0.29, 0.717) is 22.4 Å². The van der Waals surface area contributed by atoms with Crippen LogP contribution < -0.4 is 10.6 Å². The minimum Gasteiger partial charge on any atom is -0.309 e. The predicted octanol–water partition coefficient (Wildman–Crippen LogP) is 2.36. The summed E-state index contributed by atoms with van der Waals surface area (Å²) in [4.78, 5) is 23.2. The molecule has 0 saturated heterocycles. The maximum atomic E-state index is 11.9. The second-order valence-electron chi connectivity index (χ2n) is 4.75. The van der Waals surface area contributed by atoms with E-state index in [1.807, 2.05) is 0 Å². The lowest BCUT2D eigenvalue weighted by Gasteiger charge is -2.03. The molecule has 0 unspecified atom stereocenters. The molecular formula is C14H18N6O2S2. The van der Waals surface area contributed by atoms with Gasteiger partial charge in [0.05, 0.1) is 5.75 Å². The van der Waals surface area contributed by atoms with Gasteiger partial charge in [-0.15, -0.1) is 20.4 Å². The van der Waals surface area contributed by atoms with Gasteiger partial charge in [-0.3, -0.25) is 14.9 Å². The number of amides is 2. The van der Waals surface area contributed by atoms with Crippen molar-refractivity contribution >= 4 is 45.9 Å². The molecule has 2 rings (SSSR count). The first kappa shape index (κ1) is 18.3. The number of rotatable bonds is 8. The highest BCUT2D eigenvalue weighted by atomic mass is 32.2. The molecule has 2 aromatic heterocycles. The number of carbonyl (C=O) groups excluding carboxylic acids is 2. The maximum Gasteiger partial charge on any atom is 0.236 e. The van der Waals surface area contributed by atoms with E-state index in [9.17, 15) is 9.59 Å². The second-order valence-corrected chi connectivity index (χ2v) is 6.80. The zero-order valence-electron chi connectivity index (χ0n) is 13.4. The molecule has 0 fully saturated rings. The lowest BCUT2D eigenvalue weighted by atomic mass is 10.4. The first-order chi connectivity index (χ1) is 11.6. The van der Waals surface area contributed by atoms with Crippen molar-refractivity contribution < 1.29 is 9.59 Å². The number of nitrogens with zero attached hydrogens (tertiary/aromatic N) is 4. The van der Waals surface area contributed by atoms with Crippen molar-refractivity contribution in [1.29, 1.82) is 0 Å². The number of aromatic nitrogens is 4. The van der Waals surface area contributed by atoms with Gasteiger partial charge in [-0.25, -0.2) is 0 Å². The zero-order chi connectivity index (χ0) is 17.4. The van der Waals surface area contributed by atoms with Crippen molar-refractivity contribution in [3.05, 3.63) is 17.1 Å². The van der Waals surface area contributed by atoms with Crippen LogP contribution in [0.1, 0.15) is 31.7 Å². The molecule has 0 aliphatic heterocycles. The fourth-order valence-electron chi connectivity index (χ4n) is 1.61. The van der Waals surface area contributed by atoms with Crippen LogP contribution in [0.15, 0.2) is 17.2 Å². The van der Waals surface area contributed by atoms with Crippen molar-refractivity contribution in [1.82, 2.24) is 20.4 Å². The molecule has 0 atom stereocenters. The van der Waals surface area contributed by atoms with E-state index < -0.39 is 0 Å². The van der Waals surface area contributed by atoms with Gasteiger partial charge in [-0.05, 0) is 18.6 Å². The Bertz CT molecular complexity index is 689. The second kappa shape index (κ2) is 9.28. The van der Waals surface area contributed by atoms with Crippen LogP contribution in [0.3, 0.4) is 0 Å². The van der Waals surface area contributed by atoms with Gasteiger partial charge < -0.3 is 5.32 Å². The number of hydrogen-bond acceptors (Lipinski definition) is 8. The maximum absolute atomic E-state index is 11.9. The minimum atomic E-state index is -0.177. The average Bonchev–Trinajstić information content (AvgIpc) is 3.01. The van der Waals surface area contributed by atoms with E-state index in [4.69, 9.17) is 0 Å². The van der Waals surface area contributed by atoms with Gasteiger partial charge >= 0.3 is 0 Å². The fourth-order valence-corrected chi connectivity index (χ4v) is 3.08. The lowest BCUT2D eigenvalue weighted by Crippen LogP contribution is -2.14. The molecule has 0 aromatic carbocycles.